The van der Waals surface area contributed by atoms with Crippen molar-refractivity contribution < 1.29 is 9.18 Å². The van der Waals surface area contributed by atoms with E-state index in [0.29, 0.717) is 10.2 Å². The highest BCUT2D eigenvalue weighted by molar-refractivity contribution is 9.10. The van der Waals surface area contributed by atoms with Gasteiger partial charge in [0.25, 0.3) is 0 Å². The van der Waals surface area contributed by atoms with Crippen LogP contribution in [0.5, 0.6) is 0 Å². The lowest BCUT2D eigenvalue weighted by molar-refractivity contribution is -0.115. The second kappa shape index (κ2) is 6.30. The average Bonchev–Trinajstić information content (AvgIpc) is 2.33. The molecule has 0 heterocycles. The van der Waals surface area contributed by atoms with Gasteiger partial charge in [-0.05, 0) is 51.8 Å². The van der Waals surface area contributed by atoms with Crippen molar-refractivity contribution in [1.82, 2.24) is 0 Å². The van der Waals surface area contributed by atoms with Crippen molar-refractivity contribution in [3.63, 3.8) is 0 Å². The highest BCUT2D eigenvalue weighted by Gasteiger charge is 2.07. The van der Waals surface area contributed by atoms with Gasteiger partial charge >= 0.3 is 0 Å². The van der Waals surface area contributed by atoms with Crippen molar-refractivity contribution in [3.05, 3.63) is 62.8 Å². The molecule has 0 aromatic heterocycles. The average molecular weight is 387 g/mol. The molecule has 98 valence electrons. The maximum atomic E-state index is 12.9. The third kappa shape index (κ3) is 4.14. The van der Waals surface area contributed by atoms with Crippen LogP contribution in [-0.4, -0.2) is 5.91 Å². The summed E-state index contributed by atoms with van der Waals surface area (Å²) in [5, 5.41) is 2.74. The number of nitrogens with one attached hydrogen (secondary N) is 1. The van der Waals surface area contributed by atoms with Crippen molar-refractivity contribution >= 4 is 43.5 Å². The lowest BCUT2D eigenvalue weighted by Crippen LogP contribution is -2.14. The first-order valence-corrected chi connectivity index (χ1v) is 7.12. The number of carbonyl (C=O) groups is 1. The van der Waals surface area contributed by atoms with Gasteiger partial charge in [0.15, 0.2) is 0 Å². The summed E-state index contributed by atoms with van der Waals surface area (Å²) < 4.78 is 14.4. The number of anilines is 1. The molecule has 0 radical (unpaired) electrons. The quantitative estimate of drug-likeness (QED) is 0.824. The van der Waals surface area contributed by atoms with Gasteiger partial charge in [-0.1, -0.05) is 28.1 Å². The summed E-state index contributed by atoms with van der Waals surface area (Å²) in [4.78, 5) is 11.9. The van der Waals surface area contributed by atoms with E-state index >= 15 is 0 Å². The van der Waals surface area contributed by atoms with Crippen LogP contribution in [0.3, 0.4) is 0 Å². The number of hydrogen-bond donors (Lipinski definition) is 1. The molecular weight excluding hydrogens is 377 g/mol. The highest BCUT2D eigenvalue weighted by atomic mass is 79.9. The lowest BCUT2D eigenvalue weighted by atomic mass is 10.1. The Morgan fingerprint density at radius 3 is 2.63 bits per heavy atom. The van der Waals surface area contributed by atoms with Crippen LogP contribution in [-0.2, 0) is 11.2 Å². The van der Waals surface area contributed by atoms with Gasteiger partial charge in [-0.15, -0.1) is 0 Å². The van der Waals surface area contributed by atoms with Crippen LogP contribution in [0, 0.1) is 5.82 Å². The largest absolute Gasteiger partial charge is 0.325 e. The molecule has 2 aromatic rings. The SMILES string of the molecule is O=C(Cc1cccc(Br)c1)Nc1ccc(F)cc1Br. The van der Waals surface area contributed by atoms with Gasteiger partial charge < -0.3 is 5.32 Å². The van der Waals surface area contributed by atoms with E-state index in [1.165, 1.54) is 18.2 Å². The molecule has 0 saturated carbocycles. The lowest BCUT2D eigenvalue weighted by Gasteiger charge is -2.07. The van der Waals surface area contributed by atoms with Crippen LogP contribution in [0.15, 0.2) is 51.4 Å². The van der Waals surface area contributed by atoms with E-state index < -0.39 is 0 Å². The zero-order chi connectivity index (χ0) is 13.8. The Bertz CT molecular complexity index is 616. The Balaban J connectivity index is 2.05. The van der Waals surface area contributed by atoms with Crippen LogP contribution in [0.2, 0.25) is 0 Å². The minimum atomic E-state index is -0.350. The molecule has 5 heteroatoms. The standard InChI is InChI=1S/C14H10Br2FNO/c15-10-3-1-2-9(6-10)7-14(19)18-13-5-4-11(17)8-12(13)16/h1-6,8H,7H2,(H,18,19). The van der Waals surface area contributed by atoms with Crippen LogP contribution >= 0.6 is 31.9 Å². The summed E-state index contributed by atoms with van der Waals surface area (Å²) in [6.07, 6.45) is 0.267. The van der Waals surface area contributed by atoms with Gasteiger partial charge in [-0.25, -0.2) is 4.39 Å². The molecule has 0 aliphatic heterocycles. The van der Waals surface area contributed by atoms with Crippen LogP contribution in [0.4, 0.5) is 10.1 Å². The van der Waals surface area contributed by atoms with E-state index in [9.17, 15) is 9.18 Å². The van der Waals surface area contributed by atoms with Crippen LogP contribution in [0.1, 0.15) is 5.56 Å². The van der Waals surface area contributed by atoms with Gasteiger partial charge in [0, 0.05) is 8.95 Å². The van der Waals surface area contributed by atoms with E-state index in [0.717, 1.165) is 10.0 Å². The molecule has 0 aliphatic rings. The number of benzene rings is 2. The molecule has 0 fully saturated rings. The van der Waals surface area contributed by atoms with Gasteiger partial charge in [-0.2, -0.15) is 0 Å². The maximum absolute atomic E-state index is 12.9. The van der Waals surface area contributed by atoms with Crippen molar-refractivity contribution in [2.75, 3.05) is 5.32 Å². The van der Waals surface area contributed by atoms with Gasteiger partial charge in [0.2, 0.25) is 5.91 Å². The molecular formula is C14H10Br2FNO. The Morgan fingerprint density at radius 1 is 1.16 bits per heavy atom. The predicted molar refractivity (Wildman–Crippen MR) is 80.6 cm³/mol. The summed E-state index contributed by atoms with van der Waals surface area (Å²) in [7, 11) is 0. The van der Waals surface area contributed by atoms with E-state index in [1.54, 1.807) is 0 Å². The first-order valence-electron chi connectivity index (χ1n) is 5.54. The molecule has 0 spiro atoms. The summed E-state index contributed by atoms with van der Waals surface area (Å²) >= 11 is 6.57. The molecule has 0 atom stereocenters. The monoisotopic (exact) mass is 385 g/mol. The summed E-state index contributed by atoms with van der Waals surface area (Å²) in [6, 6.07) is 11.7. The molecule has 0 bridgehead atoms. The smallest absolute Gasteiger partial charge is 0.228 e. The maximum Gasteiger partial charge on any atom is 0.228 e. The van der Waals surface area contributed by atoms with E-state index in [-0.39, 0.29) is 18.1 Å². The van der Waals surface area contributed by atoms with Crippen molar-refractivity contribution in [2.45, 2.75) is 6.42 Å². The fourth-order valence-corrected chi connectivity index (χ4v) is 2.51. The molecule has 2 aromatic carbocycles. The molecule has 0 saturated heterocycles. The molecule has 1 N–H and O–H groups in total. The first-order chi connectivity index (χ1) is 9.04. The van der Waals surface area contributed by atoms with Gasteiger partial charge in [0.05, 0.1) is 12.1 Å². The summed E-state index contributed by atoms with van der Waals surface area (Å²) in [6.45, 7) is 0. The second-order valence-corrected chi connectivity index (χ2v) is 5.75. The summed E-state index contributed by atoms with van der Waals surface area (Å²) in [5.74, 6) is -0.498. The molecule has 1 amide bonds. The molecule has 2 nitrogen and oxygen atoms in total. The molecule has 19 heavy (non-hydrogen) atoms. The first kappa shape index (κ1) is 14.2. The zero-order valence-corrected chi connectivity index (χ0v) is 13.0. The van der Waals surface area contributed by atoms with E-state index in [2.05, 4.69) is 37.2 Å². The topological polar surface area (TPSA) is 29.1 Å². The summed E-state index contributed by atoms with van der Waals surface area (Å²) in [5.41, 5.74) is 1.46. The fraction of sp³-hybridized carbons (Fsp3) is 0.0714. The van der Waals surface area contributed by atoms with Gasteiger partial charge in [-0.3, -0.25) is 4.79 Å². The number of halogens is 3. The molecule has 0 unspecified atom stereocenters. The van der Waals surface area contributed by atoms with Gasteiger partial charge in [0.1, 0.15) is 5.82 Å². The molecule has 2 rings (SSSR count). The third-order valence-electron chi connectivity index (χ3n) is 2.46. The van der Waals surface area contributed by atoms with E-state index in [4.69, 9.17) is 0 Å². The normalized spacial score (nSPS) is 10.3. The number of rotatable bonds is 3. The molecule has 0 aliphatic carbocycles. The van der Waals surface area contributed by atoms with Crippen molar-refractivity contribution in [1.29, 1.82) is 0 Å². The number of amides is 1. The predicted octanol–water partition coefficient (Wildman–Crippen LogP) is 4.53. The Kier molecular flexibility index (Phi) is 4.71. The zero-order valence-electron chi connectivity index (χ0n) is 9.79. The fourth-order valence-electron chi connectivity index (χ4n) is 1.62. The third-order valence-corrected chi connectivity index (χ3v) is 3.61. The van der Waals surface area contributed by atoms with Crippen molar-refractivity contribution in [3.8, 4) is 0 Å². The Hall–Kier alpha value is -1.20. The Morgan fingerprint density at radius 2 is 1.95 bits per heavy atom. The van der Waals surface area contributed by atoms with E-state index in [1.807, 2.05) is 24.3 Å². The van der Waals surface area contributed by atoms with Crippen LogP contribution < -0.4 is 5.32 Å². The van der Waals surface area contributed by atoms with Crippen LogP contribution in [0.25, 0.3) is 0 Å². The minimum Gasteiger partial charge on any atom is -0.325 e. The number of hydrogen-bond acceptors (Lipinski definition) is 1. The second-order valence-electron chi connectivity index (χ2n) is 3.98. The van der Waals surface area contributed by atoms with Crippen molar-refractivity contribution in [2.24, 2.45) is 0 Å². The minimum absolute atomic E-state index is 0.148. The number of carbonyl (C=O) groups excluding carboxylic acids is 1. The Labute approximate surface area is 127 Å². The highest BCUT2D eigenvalue weighted by Crippen LogP contribution is 2.23.